The third-order valence-corrected chi connectivity index (χ3v) is 4.36. The van der Waals surface area contributed by atoms with Gasteiger partial charge in [-0.1, -0.05) is 38.2 Å². The predicted molar refractivity (Wildman–Crippen MR) is 78.5 cm³/mol. The Bertz CT molecular complexity index is 411. The maximum absolute atomic E-state index is 13.7. The molecule has 2 rings (SSSR count). The van der Waals surface area contributed by atoms with Crippen LogP contribution < -0.4 is 4.74 Å². The van der Waals surface area contributed by atoms with Crippen molar-refractivity contribution in [3.63, 3.8) is 0 Å². The van der Waals surface area contributed by atoms with Crippen LogP contribution in [0.1, 0.15) is 50.5 Å². The number of halogens is 1. The minimum absolute atomic E-state index is 0.259. The maximum atomic E-state index is 13.7. The largest absolute Gasteiger partial charge is 0.494 e. The van der Waals surface area contributed by atoms with E-state index in [1.165, 1.54) is 45.3 Å². The van der Waals surface area contributed by atoms with Crippen LogP contribution in [0, 0.1) is 11.7 Å². The molecule has 1 atom stereocenters. The fourth-order valence-corrected chi connectivity index (χ4v) is 3.12. The number of aliphatic hydroxyl groups is 1. The highest BCUT2D eigenvalue weighted by Crippen LogP contribution is 2.27. The van der Waals surface area contributed by atoms with E-state index in [0.29, 0.717) is 12.3 Å². The molecule has 0 aliphatic heterocycles. The van der Waals surface area contributed by atoms with Crippen molar-refractivity contribution in [3.8, 4) is 5.75 Å². The molecule has 1 N–H and O–H groups in total. The lowest BCUT2D eigenvalue weighted by Gasteiger charge is -2.25. The average molecular weight is 280 g/mol. The van der Waals surface area contributed by atoms with Gasteiger partial charge in [0.1, 0.15) is 0 Å². The molecule has 0 spiro atoms. The summed E-state index contributed by atoms with van der Waals surface area (Å²) in [4.78, 5) is 0. The van der Waals surface area contributed by atoms with Gasteiger partial charge >= 0.3 is 0 Å². The summed E-state index contributed by atoms with van der Waals surface area (Å²) in [6, 6.07) is 4.95. The van der Waals surface area contributed by atoms with Crippen molar-refractivity contribution in [2.75, 3.05) is 7.11 Å². The highest BCUT2D eigenvalue weighted by molar-refractivity contribution is 5.29. The minimum Gasteiger partial charge on any atom is -0.494 e. The van der Waals surface area contributed by atoms with Gasteiger partial charge in [0, 0.05) is 0 Å². The fraction of sp³-hybridized carbons (Fsp3) is 0.647. The molecule has 1 aromatic carbocycles. The van der Waals surface area contributed by atoms with E-state index in [1.54, 1.807) is 6.07 Å². The molecule has 0 aromatic heterocycles. The van der Waals surface area contributed by atoms with E-state index in [1.807, 2.05) is 6.07 Å². The first-order valence-electron chi connectivity index (χ1n) is 7.71. The third-order valence-electron chi connectivity index (χ3n) is 4.36. The van der Waals surface area contributed by atoms with Gasteiger partial charge in [-0.25, -0.2) is 4.39 Å². The normalized spacial score (nSPS) is 19.1. The van der Waals surface area contributed by atoms with Crippen molar-refractivity contribution >= 4 is 0 Å². The van der Waals surface area contributed by atoms with E-state index in [9.17, 15) is 9.50 Å². The van der Waals surface area contributed by atoms with Crippen molar-refractivity contribution in [1.29, 1.82) is 0 Å². The summed E-state index contributed by atoms with van der Waals surface area (Å²) >= 11 is 0. The lowest BCUT2D eigenvalue weighted by Crippen LogP contribution is -2.23. The van der Waals surface area contributed by atoms with Gasteiger partial charge in [-0.15, -0.1) is 0 Å². The van der Waals surface area contributed by atoms with Crippen molar-refractivity contribution in [2.24, 2.45) is 5.92 Å². The molecule has 1 aliphatic rings. The van der Waals surface area contributed by atoms with E-state index in [-0.39, 0.29) is 17.7 Å². The molecule has 3 heteroatoms. The molecule has 20 heavy (non-hydrogen) atoms. The Kier molecular flexibility index (Phi) is 5.84. The van der Waals surface area contributed by atoms with Gasteiger partial charge in [-0.2, -0.15) is 0 Å². The van der Waals surface area contributed by atoms with Crippen LogP contribution in [0.25, 0.3) is 0 Å². The zero-order chi connectivity index (χ0) is 14.4. The molecule has 0 heterocycles. The molecule has 0 saturated heterocycles. The van der Waals surface area contributed by atoms with Gasteiger partial charge in [0.2, 0.25) is 0 Å². The molecule has 1 unspecified atom stereocenters. The summed E-state index contributed by atoms with van der Waals surface area (Å²) in [6.45, 7) is 0. The monoisotopic (exact) mass is 280 g/mol. The molecule has 2 nitrogen and oxygen atoms in total. The smallest absolute Gasteiger partial charge is 0.165 e. The predicted octanol–water partition coefficient (Wildman–Crippen LogP) is 4.10. The van der Waals surface area contributed by atoms with Gasteiger partial charge in [0.05, 0.1) is 13.2 Å². The van der Waals surface area contributed by atoms with Crippen molar-refractivity contribution in [1.82, 2.24) is 0 Å². The highest BCUT2D eigenvalue weighted by atomic mass is 19.1. The SMILES string of the molecule is COc1ccc(CC(O)C2CCCCCCC2)cc1F. The summed E-state index contributed by atoms with van der Waals surface area (Å²) in [5, 5.41) is 10.4. The first-order valence-corrected chi connectivity index (χ1v) is 7.71. The zero-order valence-electron chi connectivity index (χ0n) is 12.3. The van der Waals surface area contributed by atoms with Gasteiger partial charge in [0.15, 0.2) is 11.6 Å². The molecule has 1 aliphatic carbocycles. The molecular formula is C17H25FO2. The lowest BCUT2D eigenvalue weighted by molar-refractivity contribution is 0.0912. The Morgan fingerprint density at radius 2 is 1.85 bits per heavy atom. The number of methoxy groups -OCH3 is 1. The van der Waals surface area contributed by atoms with Crippen LogP contribution >= 0.6 is 0 Å². The number of hydrogen-bond acceptors (Lipinski definition) is 2. The zero-order valence-corrected chi connectivity index (χ0v) is 12.3. The van der Waals surface area contributed by atoms with Crippen LogP contribution in [-0.4, -0.2) is 18.3 Å². The highest BCUT2D eigenvalue weighted by Gasteiger charge is 2.20. The van der Waals surface area contributed by atoms with Crippen LogP contribution in [0.2, 0.25) is 0 Å². The van der Waals surface area contributed by atoms with E-state index in [4.69, 9.17) is 4.74 Å². The molecule has 1 fully saturated rings. The molecule has 1 saturated carbocycles. The van der Waals surface area contributed by atoms with E-state index >= 15 is 0 Å². The van der Waals surface area contributed by atoms with E-state index < -0.39 is 0 Å². The summed E-state index contributed by atoms with van der Waals surface area (Å²) in [5.41, 5.74) is 0.845. The van der Waals surface area contributed by atoms with Crippen LogP contribution in [0.5, 0.6) is 5.75 Å². The van der Waals surface area contributed by atoms with Gasteiger partial charge < -0.3 is 9.84 Å². The molecule has 0 bridgehead atoms. The van der Waals surface area contributed by atoms with Gasteiger partial charge in [-0.05, 0) is 42.9 Å². The Morgan fingerprint density at radius 1 is 1.20 bits per heavy atom. The minimum atomic E-state index is -0.360. The van der Waals surface area contributed by atoms with Gasteiger partial charge in [0.25, 0.3) is 0 Å². The number of hydrogen-bond donors (Lipinski definition) is 1. The Morgan fingerprint density at radius 3 is 2.45 bits per heavy atom. The number of rotatable bonds is 4. The molecular weight excluding hydrogens is 255 g/mol. The molecule has 0 amide bonds. The topological polar surface area (TPSA) is 29.5 Å². The van der Waals surface area contributed by atoms with Crippen molar-refractivity contribution < 1.29 is 14.2 Å². The fourth-order valence-electron chi connectivity index (χ4n) is 3.12. The Balaban J connectivity index is 1.95. The average Bonchev–Trinajstić information content (AvgIpc) is 2.38. The maximum Gasteiger partial charge on any atom is 0.165 e. The Hall–Kier alpha value is -1.09. The van der Waals surface area contributed by atoms with Crippen LogP contribution in [0.3, 0.4) is 0 Å². The summed E-state index contributed by atoms with van der Waals surface area (Å²) in [7, 11) is 1.46. The summed E-state index contributed by atoms with van der Waals surface area (Å²) < 4.78 is 18.6. The summed E-state index contributed by atoms with van der Waals surface area (Å²) in [6.07, 6.45) is 8.66. The van der Waals surface area contributed by atoms with Gasteiger partial charge in [-0.3, -0.25) is 0 Å². The molecule has 1 aromatic rings. The first-order chi connectivity index (χ1) is 9.70. The molecule has 112 valence electrons. The van der Waals surface area contributed by atoms with E-state index in [0.717, 1.165) is 18.4 Å². The second kappa shape index (κ2) is 7.63. The number of aliphatic hydroxyl groups excluding tert-OH is 1. The number of ether oxygens (including phenoxy) is 1. The third kappa shape index (κ3) is 4.20. The summed E-state index contributed by atoms with van der Waals surface area (Å²) in [5.74, 6) is 0.268. The van der Waals surface area contributed by atoms with E-state index in [2.05, 4.69) is 0 Å². The second-order valence-corrected chi connectivity index (χ2v) is 5.85. The van der Waals surface area contributed by atoms with Crippen molar-refractivity contribution in [3.05, 3.63) is 29.6 Å². The Labute approximate surface area is 121 Å². The van der Waals surface area contributed by atoms with Crippen LogP contribution in [0.4, 0.5) is 4.39 Å². The quantitative estimate of drug-likeness (QED) is 0.899. The molecule has 0 radical (unpaired) electrons. The second-order valence-electron chi connectivity index (χ2n) is 5.85. The standard InChI is InChI=1S/C17H25FO2/c1-20-17-10-9-13(11-15(17)18)12-16(19)14-7-5-3-2-4-6-8-14/h9-11,14,16,19H,2-8,12H2,1H3. The first kappa shape index (κ1) is 15.3. The number of benzene rings is 1. The van der Waals surface area contributed by atoms with Crippen LogP contribution in [0.15, 0.2) is 18.2 Å². The van der Waals surface area contributed by atoms with Crippen LogP contribution in [-0.2, 0) is 6.42 Å². The lowest BCUT2D eigenvalue weighted by atomic mass is 9.85. The van der Waals surface area contributed by atoms with Crippen molar-refractivity contribution in [2.45, 2.75) is 57.5 Å².